The lowest BCUT2D eigenvalue weighted by Crippen LogP contribution is -2.35. The van der Waals surface area contributed by atoms with Crippen LogP contribution in [0.4, 0.5) is 0 Å². The fourth-order valence-corrected chi connectivity index (χ4v) is 2.39. The molecule has 0 aromatic rings. The summed E-state index contributed by atoms with van der Waals surface area (Å²) < 4.78 is 16.2. The van der Waals surface area contributed by atoms with Crippen molar-refractivity contribution in [2.45, 2.75) is 31.1 Å². The maximum atomic E-state index is 5.88. The second-order valence-electron chi connectivity index (χ2n) is 4.22. The molecule has 15 heavy (non-hydrogen) atoms. The highest BCUT2D eigenvalue weighted by Crippen LogP contribution is 2.38. The molecule has 2 heterocycles. The van der Waals surface area contributed by atoms with E-state index in [1.54, 1.807) is 0 Å². The number of rotatable bonds is 6. The third-order valence-electron chi connectivity index (χ3n) is 3.19. The number of hydrogen-bond donors (Lipinski definition) is 1. The van der Waals surface area contributed by atoms with E-state index in [0.717, 1.165) is 19.4 Å². The molecule has 86 valence electrons. The Balaban J connectivity index is 1.59. The van der Waals surface area contributed by atoms with Crippen molar-refractivity contribution in [3.8, 4) is 0 Å². The molecule has 2 aliphatic rings. The van der Waals surface area contributed by atoms with E-state index in [1.165, 1.54) is 6.26 Å². The zero-order chi connectivity index (χ0) is 10.7. The smallest absolute Gasteiger partial charge is 0.111 e. The largest absolute Gasteiger partial charge is 0.499 e. The van der Waals surface area contributed by atoms with Gasteiger partial charge in [-0.1, -0.05) is 6.58 Å². The Morgan fingerprint density at radius 3 is 2.80 bits per heavy atom. The highest BCUT2D eigenvalue weighted by Gasteiger charge is 2.45. The molecule has 2 rings (SSSR count). The van der Waals surface area contributed by atoms with Crippen molar-refractivity contribution in [3.63, 3.8) is 0 Å². The second kappa shape index (κ2) is 4.96. The lowest BCUT2D eigenvalue weighted by atomic mass is 9.87. The quantitative estimate of drug-likeness (QED) is 0.520. The molecule has 2 fully saturated rings. The fraction of sp³-hybridized carbons (Fsp3) is 0.818. The van der Waals surface area contributed by atoms with Crippen molar-refractivity contribution >= 4 is 0 Å². The number of hydrogen-bond acceptors (Lipinski definition) is 4. The Labute approximate surface area is 90.4 Å². The van der Waals surface area contributed by atoms with Crippen molar-refractivity contribution in [3.05, 3.63) is 12.8 Å². The molecule has 2 saturated heterocycles. The molecule has 2 N–H and O–H groups in total. The van der Waals surface area contributed by atoms with Gasteiger partial charge in [-0.05, 0) is 12.8 Å². The minimum atomic E-state index is 0.246. The van der Waals surface area contributed by atoms with Crippen LogP contribution >= 0.6 is 0 Å². The molecule has 4 heteroatoms. The molecule has 0 spiro atoms. The molecule has 4 nitrogen and oxygen atoms in total. The fourth-order valence-electron chi connectivity index (χ4n) is 2.39. The first-order valence-corrected chi connectivity index (χ1v) is 5.52. The van der Waals surface area contributed by atoms with Crippen LogP contribution in [-0.2, 0) is 14.2 Å². The van der Waals surface area contributed by atoms with Gasteiger partial charge in [0, 0.05) is 12.0 Å². The molecular formula is C11H19NO3. The van der Waals surface area contributed by atoms with Crippen LogP contribution < -0.4 is 5.73 Å². The number of ether oxygens (including phenoxy) is 3. The first-order chi connectivity index (χ1) is 7.31. The van der Waals surface area contributed by atoms with Crippen LogP contribution in [0.2, 0.25) is 0 Å². The second-order valence-corrected chi connectivity index (χ2v) is 4.22. The van der Waals surface area contributed by atoms with Crippen molar-refractivity contribution in [1.82, 2.24) is 0 Å². The van der Waals surface area contributed by atoms with Gasteiger partial charge in [-0.3, -0.25) is 0 Å². The van der Waals surface area contributed by atoms with Crippen LogP contribution in [0.3, 0.4) is 0 Å². The first kappa shape index (κ1) is 10.9. The summed E-state index contributed by atoms with van der Waals surface area (Å²) in [4.78, 5) is 0. The molecular weight excluding hydrogens is 194 g/mol. The van der Waals surface area contributed by atoms with Crippen molar-refractivity contribution in [2.75, 3.05) is 19.8 Å². The maximum Gasteiger partial charge on any atom is 0.111 e. The maximum absolute atomic E-state index is 5.88. The van der Waals surface area contributed by atoms with Crippen LogP contribution in [0.1, 0.15) is 12.8 Å². The molecule has 0 saturated carbocycles. The Kier molecular flexibility index (Phi) is 3.61. The molecule has 0 radical (unpaired) electrons. The van der Waals surface area contributed by atoms with E-state index in [9.17, 15) is 0 Å². The monoisotopic (exact) mass is 213 g/mol. The van der Waals surface area contributed by atoms with Crippen molar-refractivity contribution in [1.29, 1.82) is 0 Å². The molecule has 2 aliphatic heterocycles. The average molecular weight is 213 g/mol. The summed E-state index contributed by atoms with van der Waals surface area (Å²) >= 11 is 0. The third-order valence-corrected chi connectivity index (χ3v) is 3.19. The van der Waals surface area contributed by atoms with Crippen LogP contribution in [0.15, 0.2) is 12.8 Å². The number of fused-ring (bicyclic) bond motifs is 2. The van der Waals surface area contributed by atoms with Gasteiger partial charge in [-0.25, -0.2) is 0 Å². The van der Waals surface area contributed by atoms with Gasteiger partial charge in [-0.15, -0.1) is 0 Å². The normalized spacial score (nSPS) is 38.2. The van der Waals surface area contributed by atoms with Crippen LogP contribution in [-0.4, -0.2) is 38.1 Å². The lowest BCUT2D eigenvalue weighted by molar-refractivity contribution is 0.0348. The molecule has 2 bridgehead atoms. The Morgan fingerprint density at radius 2 is 2.20 bits per heavy atom. The van der Waals surface area contributed by atoms with Crippen LogP contribution in [0.5, 0.6) is 0 Å². The topological polar surface area (TPSA) is 53.7 Å². The van der Waals surface area contributed by atoms with Gasteiger partial charge >= 0.3 is 0 Å². The zero-order valence-electron chi connectivity index (χ0n) is 8.93. The predicted octanol–water partition coefficient (Wildman–Crippen LogP) is 0.668. The Hall–Kier alpha value is -0.580. The summed E-state index contributed by atoms with van der Waals surface area (Å²) in [6.07, 6.45) is 4.07. The standard InChI is InChI=1S/C11H19NO3/c1-2-13-3-4-14-7-8-5-11-9(12)6-10(8)15-11/h2,8-11H,1,3-7,12H2. The third kappa shape index (κ3) is 2.51. The van der Waals surface area contributed by atoms with Crippen LogP contribution in [0, 0.1) is 5.92 Å². The van der Waals surface area contributed by atoms with Crippen molar-refractivity contribution in [2.24, 2.45) is 11.7 Å². The summed E-state index contributed by atoms with van der Waals surface area (Å²) in [6.45, 7) is 5.41. The van der Waals surface area contributed by atoms with Gasteiger partial charge in [0.25, 0.3) is 0 Å². The highest BCUT2D eigenvalue weighted by molar-refractivity contribution is 4.96. The molecule has 0 aliphatic carbocycles. The molecule has 4 atom stereocenters. The lowest BCUT2D eigenvalue weighted by Gasteiger charge is -2.21. The van der Waals surface area contributed by atoms with E-state index in [-0.39, 0.29) is 12.1 Å². The summed E-state index contributed by atoms with van der Waals surface area (Å²) in [5, 5.41) is 0. The van der Waals surface area contributed by atoms with E-state index in [1.807, 2.05) is 0 Å². The first-order valence-electron chi connectivity index (χ1n) is 5.52. The average Bonchev–Trinajstić information content (AvgIpc) is 2.76. The summed E-state index contributed by atoms with van der Waals surface area (Å²) in [6, 6.07) is 0.246. The van der Waals surface area contributed by atoms with Gasteiger partial charge in [0.15, 0.2) is 0 Å². The van der Waals surface area contributed by atoms with Gasteiger partial charge in [0.1, 0.15) is 6.61 Å². The predicted molar refractivity (Wildman–Crippen MR) is 56.3 cm³/mol. The SMILES string of the molecule is C=COCCOCC1CC2OC1CC2N. The minimum absolute atomic E-state index is 0.246. The summed E-state index contributed by atoms with van der Waals surface area (Å²) in [5.74, 6) is 0.526. The van der Waals surface area contributed by atoms with E-state index in [2.05, 4.69) is 6.58 Å². The van der Waals surface area contributed by atoms with Crippen LogP contribution in [0.25, 0.3) is 0 Å². The van der Waals surface area contributed by atoms with Crippen molar-refractivity contribution < 1.29 is 14.2 Å². The minimum Gasteiger partial charge on any atom is -0.499 e. The number of nitrogens with two attached hydrogens (primary N) is 1. The van der Waals surface area contributed by atoms with E-state index in [4.69, 9.17) is 19.9 Å². The molecule has 0 aromatic carbocycles. The zero-order valence-corrected chi connectivity index (χ0v) is 8.93. The van der Waals surface area contributed by atoms with E-state index < -0.39 is 0 Å². The summed E-state index contributed by atoms with van der Waals surface area (Å²) in [5.41, 5.74) is 5.88. The Morgan fingerprint density at radius 1 is 1.33 bits per heavy atom. The Bertz CT molecular complexity index is 220. The summed E-state index contributed by atoms with van der Waals surface area (Å²) in [7, 11) is 0. The van der Waals surface area contributed by atoms with Gasteiger partial charge in [0.2, 0.25) is 0 Å². The highest BCUT2D eigenvalue weighted by atomic mass is 16.5. The molecule has 0 amide bonds. The van der Waals surface area contributed by atoms with E-state index in [0.29, 0.717) is 25.2 Å². The van der Waals surface area contributed by atoms with Gasteiger partial charge < -0.3 is 19.9 Å². The van der Waals surface area contributed by atoms with Gasteiger partial charge in [0.05, 0.1) is 31.7 Å². The van der Waals surface area contributed by atoms with Gasteiger partial charge in [-0.2, -0.15) is 0 Å². The molecule has 0 aromatic heterocycles. The molecule has 4 unspecified atom stereocenters. The van der Waals surface area contributed by atoms with E-state index >= 15 is 0 Å².